The Morgan fingerprint density at radius 3 is 2.67 bits per heavy atom. The number of fused-ring (bicyclic) bond motifs is 1. The Labute approximate surface area is 76.5 Å². The zero-order chi connectivity index (χ0) is 8.55. The van der Waals surface area contributed by atoms with Crippen molar-refractivity contribution < 1.29 is 4.74 Å². The van der Waals surface area contributed by atoms with Crippen LogP contribution in [-0.4, -0.2) is 7.11 Å². The summed E-state index contributed by atoms with van der Waals surface area (Å²) in [5.41, 5.74) is 2.57. The van der Waals surface area contributed by atoms with Gasteiger partial charge in [0, 0.05) is 13.1 Å². The van der Waals surface area contributed by atoms with Crippen molar-refractivity contribution in [3.63, 3.8) is 0 Å². The summed E-state index contributed by atoms with van der Waals surface area (Å²) in [6, 6.07) is 3.97. The van der Waals surface area contributed by atoms with Crippen molar-refractivity contribution in [2.45, 2.75) is 13.1 Å². The second kappa shape index (κ2) is 2.96. The molecule has 0 saturated carbocycles. The standard InChI is InChI=1S/C9H10ClNO/c1-12-9-3-7-5-11-4-6(7)2-8(9)10/h2-3,11H,4-5H2,1H3. The summed E-state index contributed by atoms with van der Waals surface area (Å²) < 4.78 is 5.11. The Balaban J connectivity index is 2.49. The quantitative estimate of drug-likeness (QED) is 0.719. The van der Waals surface area contributed by atoms with Crippen LogP contribution < -0.4 is 10.1 Å². The molecule has 1 aromatic carbocycles. The maximum atomic E-state index is 5.96. The topological polar surface area (TPSA) is 21.3 Å². The van der Waals surface area contributed by atoms with Gasteiger partial charge in [0.05, 0.1) is 12.1 Å². The Bertz CT molecular complexity index is 311. The second-order valence-electron chi connectivity index (χ2n) is 2.86. The highest BCUT2D eigenvalue weighted by molar-refractivity contribution is 6.32. The van der Waals surface area contributed by atoms with E-state index in [0.29, 0.717) is 5.02 Å². The lowest BCUT2D eigenvalue weighted by molar-refractivity contribution is 0.414. The number of hydrogen-bond acceptors (Lipinski definition) is 2. The van der Waals surface area contributed by atoms with Gasteiger partial charge in [-0.2, -0.15) is 0 Å². The molecule has 0 bridgehead atoms. The first-order valence-corrected chi connectivity index (χ1v) is 4.25. The van der Waals surface area contributed by atoms with Crippen LogP contribution in [0.25, 0.3) is 0 Å². The maximum absolute atomic E-state index is 5.96. The number of ether oxygens (including phenoxy) is 1. The van der Waals surface area contributed by atoms with E-state index in [-0.39, 0.29) is 0 Å². The zero-order valence-corrected chi connectivity index (χ0v) is 7.61. The van der Waals surface area contributed by atoms with Gasteiger partial charge in [0.2, 0.25) is 0 Å². The van der Waals surface area contributed by atoms with E-state index in [0.717, 1.165) is 18.8 Å². The Morgan fingerprint density at radius 1 is 1.33 bits per heavy atom. The van der Waals surface area contributed by atoms with Crippen LogP contribution in [0.5, 0.6) is 5.75 Å². The van der Waals surface area contributed by atoms with Crippen molar-refractivity contribution in [3.8, 4) is 5.75 Å². The average molecular weight is 184 g/mol. The van der Waals surface area contributed by atoms with Crippen molar-refractivity contribution in [2.24, 2.45) is 0 Å². The SMILES string of the molecule is COc1cc2c(cc1Cl)CNC2. The van der Waals surface area contributed by atoms with Crippen LogP contribution in [-0.2, 0) is 13.1 Å². The Hall–Kier alpha value is -0.730. The molecule has 1 N–H and O–H groups in total. The predicted molar refractivity (Wildman–Crippen MR) is 48.5 cm³/mol. The molecule has 2 nitrogen and oxygen atoms in total. The van der Waals surface area contributed by atoms with Gasteiger partial charge in [-0.3, -0.25) is 0 Å². The van der Waals surface area contributed by atoms with Crippen molar-refractivity contribution in [1.29, 1.82) is 0 Å². The van der Waals surface area contributed by atoms with Crippen LogP contribution in [0.3, 0.4) is 0 Å². The molecule has 0 aromatic heterocycles. The number of benzene rings is 1. The fraction of sp³-hybridized carbons (Fsp3) is 0.333. The number of methoxy groups -OCH3 is 1. The largest absolute Gasteiger partial charge is 0.495 e. The van der Waals surface area contributed by atoms with Crippen LogP contribution in [0.2, 0.25) is 5.02 Å². The fourth-order valence-electron chi connectivity index (χ4n) is 1.45. The molecule has 1 heterocycles. The average Bonchev–Trinajstić information content (AvgIpc) is 2.49. The van der Waals surface area contributed by atoms with Gasteiger partial charge in [-0.05, 0) is 23.3 Å². The highest BCUT2D eigenvalue weighted by Gasteiger charge is 2.13. The summed E-state index contributed by atoms with van der Waals surface area (Å²) in [4.78, 5) is 0. The van der Waals surface area contributed by atoms with E-state index in [1.54, 1.807) is 7.11 Å². The third-order valence-electron chi connectivity index (χ3n) is 2.10. The molecule has 0 spiro atoms. The van der Waals surface area contributed by atoms with E-state index in [1.165, 1.54) is 11.1 Å². The molecule has 1 aliphatic rings. The summed E-state index contributed by atoms with van der Waals surface area (Å²) in [6.45, 7) is 1.84. The fourth-order valence-corrected chi connectivity index (χ4v) is 1.72. The number of nitrogens with one attached hydrogen (secondary N) is 1. The molecule has 1 aliphatic heterocycles. The first kappa shape index (κ1) is 7.90. The van der Waals surface area contributed by atoms with Crippen molar-refractivity contribution in [3.05, 3.63) is 28.3 Å². The Morgan fingerprint density at radius 2 is 2.00 bits per heavy atom. The maximum Gasteiger partial charge on any atom is 0.137 e. The molecular weight excluding hydrogens is 174 g/mol. The molecule has 0 saturated heterocycles. The van der Waals surface area contributed by atoms with Gasteiger partial charge in [-0.15, -0.1) is 0 Å². The van der Waals surface area contributed by atoms with Crippen LogP contribution >= 0.6 is 11.6 Å². The zero-order valence-electron chi connectivity index (χ0n) is 6.86. The molecular formula is C9H10ClNO. The molecule has 0 amide bonds. The van der Waals surface area contributed by atoms with Gasteiger partial charge in [0.15, 0.2) is 0 Å². The smallest absolute Gasteiger partial charge is 0.137 e. The van der Waals surface area contributed by atoms with Gasteiger partial charge >= 0.3 is 0 Å². The van der Waals surface area contributed by atoms with Gasteiger partial charge in [-0.25, -0.2) is 0 Å². The van der Waals surface area contributed by atoms with E-state index in [2.05, 4.69) is 5.32 Å². The Kier molecular flexibility index (Phi) is 1.95. The lowest BCUT2D eigenvalue weighted by atomic mass is 10.1. The number of rotatable bonds is 1. The summed E-state index contributed by atoms with van der Waals surface area (Å²) in [7, 11) is 1.63. The summed E-state index contributed by atoms with van der Waals surface area (Å²) >= 11 is 5.96. The minimum absolute atomic E-state index is 0.694. The van der Waals surface area contributed by atoms with Crippen molar-refractivity contribution in [1.82, 2.24) is 5.32 Å². The lowest BCUT2D eigenvalue weighted by Gasteiger charge is -2.05. The minimum atomic E-state index is 0.694. The van der Waals surface area contributed by atoms with Gasteiger partial charge < -0.3 is 10.1 Å². The summed E-state index contributed by atoms with van der Waals surface area (Å²) in [5.74, 6) is 0.763. The molecule has 0 radical (unpaired) electrons. The molecule has 12 heavy (non-hydrogen) atoms. The van der Waals surface area contributed by atoms with E-state index >= 15 is 0 Å². The molecule has 1 aromatic rings. The third-order valence-corrected chi connectivity index (χ3v) is 2.40. The van der Waals surface area contributed by atoms with Gasteiger partial charge in [-0.1, -0.05) is 11.6 Å². The molecule has 0 fully saturated rings. The van der Waals surface area contributed by atoms with E-state index in [4.69, 9.17) is 16.3 Å². The number of hydrogen-bond donors (Lipinski definition) is 1. The van der Waals surface area contributed by atoms with Crippen LogP contribution in [0.15, 0.2) is 12.1 Å². The first-order valence-electron chi connectivity index (χ1n) is 3.87. The minimum Gasteiger partial charge on any atom is -0.495 e. The molecule has 0 atom stereocenters. The predicted octanol–water partition coefficient (Wildman–Crippen LogP) is 1.95. The third kappa shape index (κ3) is 1.17. The van der Waals surface area contributed by atoms with Gasteiger partial charge in [0.25, 0.3) is 0 Å². The van der Waals surface area contributed by atoms with Crippen LogP contribution in [0, 0.1) is 0 Å². The normalized spacial score (nSPS) is 14.5. The number of halogens is 1. The monoisotopic (exact) mass is 183 g/mol. The van der Waals surface area contributed by atoms with E-state index in [1.807, 2.05) is 12.1 Å². The molecule has 3 heteroatoms. The molecule has 64 valence electrons. The molecule has 0 unspecified atom stereocenters. The highest BCUT2D eigenvalue weighted by Crippen LogP contribution is 2.29. The van der Waals surface area contributed by atoms with E-state index in [9.17, 15) is 0 Å². The molecule has 0 aliphatic carbocycles. The highest BCUT2D eigenvalue weighted by atomic mass is 35.5. The van der Waals surface area contributed by atoms with Crippen LogP contribution in [0.4, 0.5) is 0 Å². The van der Waals surface area contributed by atoms with E-state index < -0.39 is 0 Å². The van der Waals surface area contributed by atoms with Crippen molar-refractivity contribution >= 4 is 11.6 Å². The molecule has 2 rings (SSSR count). The summed E-state index contributed by atoms with van der Waals surface area (Å²) in [6.07, 6.45) is 0. The lowest BCUT2D eigenvalue weighted by Crippen LogP contribution is -1.99. The summed E-state index contributed by atoms with van der Waals surface area (Å²) in [5, 5.41) is 3.95. The second-order valence-corrected chi connectivity index (χ2v) is 3.27. The first-order chi connectivity index (χ1) is 5.81. The van der Waals surface area contributed by atoms with Gasteiger partial charge in [0.1, 0.15) is 5.75 Å². The van der Waals surface area contributed by atoms with Crippen molar-refractivity contribution in [2.75, 3.05) is 7.11 Å². The van der Waals surface area contributed by atoms with Crippen LogP contribution in [0.1, 0.15) is 11.1 Å².